The summed E-state index contributed by atoms with van der Waals surface area (Å²) in [5.41, 5.74) is 6.68. The highest BCUT2D eigenvalue weighted by atomic mass is 32.2. The van der Waals surface area contributed by atoms with Crippen molar-refractivity contribution in [3.05, 3.63) is 17.8 Å². The van der Waals surface area contributed by atoms with Crippen LogP contribution in [0.3, 0.4) is 0 Å². The summed E-state index contributed by atoms with van der Waals surface area (Å²) in [5.74, 6) is 0.0687. The number of likely N-dealkylation sites (tertiary alicyclic amines) is 1. The van der Waals surface area contributed by atoms with E-state index in [2.05, 4.69) is 16.8 Å². The van der Waals surface area contributed by atoms with Crippen molar-refractivity contribution in [1.29, 1.82) is 0 Å². The predicted octanol–water partition coefficient (Wildman–Crippen LogP) is 1.01. The van der Waals surface area contributed by atoms with Gasteiger partial charge in [-0.2, -0.15) is 4.31 Å². The fourth-order valence-corrected chi connectivity index (χ4v) is 4.89. The van der Waals surface area contributed by atoms with Crippen LogP contribution in [0.2, 0.25) is 0 Å². The average molecular weight is 370 g/mol. The predicted molar refractivity (Wildman–Crippen MR) is 101 cm³/mol. The molecule has 7 nitrogen and oxygen atoms in total. The molecule has 0 amide bonds. The van der Waals surface area contributed by atoms with Gasteiger partial charge in [0.05, 0.1) is 0 Å². The SMILES string of the molecule is CCN1CCC[C@H]1CN(CCN(C)C)S(=O)(=O)c1cc(C)cnc1N. The van der Waals surface area contributed by atoms with Gasteiger partial charge in [0.25, 0.3) is 0 Å². The summed E-state index contributed by atoms with van der Waals surface area (Å²) in [6, 6.07) is 1.88. The highest BCUT2D eigenvalue weighted by Crippen LogP contribution is 2.25. The number of hydrogen-bond acceptors (Lipinski definition) is 6. The minimum absolute atomic E-state index is 0.0687. The minimum Gasteiger partial charge on any atom is -0.383 e. The second kappa shape index (κ2) is 8.44. The van der Waals surface area contributed by atoms with Gasteiger partial charge in [0, 0.05) is 31.9 Å². The van der Waals surface area contributed by atoms with Crippen LogP contribution in [-0.2, 0) is 10.0 Å². The molecule has 1 aromatic heterocycles. The third-order valence-corrected chi connectivity index (χ3v) is 6.65. The Balaban J connectivity index is 2.31. The number of anilines is 1. The summed E-state index contributed by atoms with van der Waals surface area (Å²) in [6.45, 7) is 7.54. The molecule has 0 unspecified atom stereocenters. The van der Waals surface area contributed by atoms with E-state index in [1.807, 2.05) is 25.9 Å². The molecule has 0 spiro atoms. The molecule has 25 heavy (non-hydrogen) atoms. The number of likely N-dealkylation sites (N-methyl/N-ethyl adjacent to an activating group) is 2. The molecule has 142 valence electrons. The van der Waals surface area contributed by atoms with Crippen LogP contribution in [-0.4, -0.2) is 80.4 Å². The first-order valence-electron chi connectivity index (χ1n) is 8.86. The lowest BCUT2D eigenvalue weighted by Gasteiger charge is -2.30. The van der Waals surface area contributed by atoms with E-state index in [1.165, 1.54) is 0 Å². The van der Waals surface area contributed by atoms with Gasteiger partial charge in [0.15, 0.2) is 0 Å². The normalized spacial score (nSPS) is 19.2. The van der Waals surface area contributed by atoms with Gasteiger partial charge in [0.2, 0.25) is 10.0 Å². The summed E-state index contributed by atoms with van der Waals surface area (Å²) in [6.07, 6.45) is 3.74. The number of rotatable bonds is 8. The maximum atomic E-state index is 13.3. The van der Waals surface area contributed by atoms with Crippen LogP contribution in [0, 0.1) is 6.92 Å². The standard InChI is InChI=1S/C17H31N5O2S/c1-5-21-8-6-7-15(21)13-22(10-9-20(3)4)25(23,24)16-11-14(2)12-19-17(16)18/h11-12,15H,5-10,13H2,1-4H3,(H2,18,19)/t15-/m0/s1. The largest absolute Gasteiger partial charge is 0.383 e. The Morgan fingerprint density at radius 1 is 1.36 bits per heavy atom. The van der Waals surface area contributed by atoms with Gasteiger partial charge in [-0.3, -0.25) is 4.90 Å². The fraction of sp³-hybridized carbons (Fsp3) is 0.706. The molecule has 1 saturated heterocycles. The molecule has 0 aromatic carbocycles. The van der Waals surface area contributed by atoms with Crippen molar-refractivity contribution in [1.82, 2.24) is 19.1 Å². The lowest BCUT2D eigenvalue weighted by molar-refractivity contribution is 0.220. The van der Waals surface area contributed by atoms with Gasteiger partial charge >= 0.3 is 0 Å². The Bertz CT molecular complexity index is 678. The topological polar surface area (TPSA) is 82.8 Å². The van der Waals surface area contributed by atoms with Crippen molar-refractivity contribution in [3.8, 4) is 0 Å². The molecule has 2 heterocycles. The maximum Gasteiger partial charge on any atom is 0.246 e. The van der Waals surface area contributed by atoms with Gasteiger partial charge in [-0.25, -0.2) is 13.4 Å². The van der Waals surface area contributed by atoms with E-state index in [-0.39, 0.29) is 16.8 Å². The molecule has 1 aliphatic rings. The first-order valence-corrected chi connectivity index (χ1v) is 10.3. The Morgan fingerprint density at radius 2 is 2.08 bits per heavy atom. The minimum atomic E-state index is -3.68. The molecule has 0 bridgehead atoms. The number of nitrogen functional groups attached to an aromatic ring is 1. The van der Waals surface area contributed by atoms with E-state index in [0.29, 0.717) is 19.6 Å². The molecule has 0 aliphatic carbocycles. The lowest BCUT2D eigenvalue weighted by atomic mass is 10.2. The summed E-state index contributed by atoms with van der Waals surface area (Å²) in [5, 5.41) is 0. The molecule has 1 fully saturated rings. The van der Waals surface area contributed by atoms with E-state index in [9.17, 15) is 8.42 Å². The number of sulfonamides is 1. The summed E-state index contributed by atoms with van der Waals surface area (Å²) in [7, 11) is 0.215. The number of aromatic nitrogens is 1. The van der Waals surface area contributed by atoms with Crippen molar-refractivity contribution >= 4 is 15.8 Å². The van der Waals surface area contributed by atoms with E-state index in [1.54, 1.807) is 16.6 Å². The smallest absolute Gasteiger partial charge is 0.246 e. The number of aryl methyl sites for hydroxylation is 1. The van der Waals surface area contributed by atoms with Crippen LogP contribution in [0.5, 0.6) is 0 Å². The number of nitrogens with two attached hydrogens (primary N) is 1. The monoisotopic (exact) mass is 369 g/mol. The van der Waals surface area contributed by atoms with Gasteiger partial charge in [0.1, 0.15) is 10.7 Å². The van der Waals surface area contributed by atoms with E-state index in [4.69, 9.17) is 5.73 Å². The number of pyridine rings is 1. The molecule has 1 atom stereocenters. The maximum absolute atomic E-state index is 13.3. The fourth-order valence-electron chi connectivity index (χ4n) is 3.27. The molecule has 0 radical (unpaired) electrons. The van der Waals surface area contributed by atoms with Crippen LogP contribution >= 0.6 is 0 Å². The second-order valence-corrected chi connectivity index (χ2v) is 8.89. The van der Waals surface area contributed by atoms with Gasteiger partial charge in [-0.05, 0) is 58.6 Å². The van der Waals surface area contributed by atoms with Gasteiger partial charge < -0.3 is 10.6 Å². The van der Waals surface area contributed by atoms with Gasteiger partial charge in [-0.1, -0.05) is 6.92 Å². The molecule has 1 aromatic rings. The molecule has 0 saturated carbocycles. The third-order valence-electron chi connectivity index (χ3n) is 4.75. The first kappa shape index (κ1) is 20.1. The Labute approximate surface area is 151 Å². The molecule has 8 heteroatoms. The second-order valence-electron chi connectivity index (χ2n) is 6.99. The van der Waals surface area contributed by atoms with Crippen molar-refractivity contribution in [3.63, 3.8) is 0 Å². The zero-order chi connectivity index (χ0) is 18.6. The highest BCUT2D eigenvalue weighted by molar-refractivity contribution is 7.89. The first-order chi connectivity index (χ1) is 11.8. The van der Waals surface area contributed by atoms with Crippen LogP contribution < -0.4 is 5.73 Å². The summed E-state index contributed by atoms with van der Waals surface area (Å²) in [4.78, 5) is 8.50. The molecular formula is C17H31N5O2S. The van der Waals surface area contributed by atoms with Crippen LogP contribution in [0.25, 0.3) is 0 Å². The van der Waals surface area contributed by atoms with Crippen LogP contribution in [0.1, 0.15) is 25.3 Å². The molecule has 2 N–H and O–H groups in total. The zero-order valence-corrected chi connectivity index (χ0v) is 16.6. The van der Waals surface area contributed by atoms with Crippen LogP contribution in [0.4, 0.5) is 5.82 Å². The molecule has 1 aliphatic heterocycles. The highest BCUT2D eigenvalue weighted by Gasteiger charge is 2.32. The van der Waals surface area contributed by atoms with Crippen molar-refractivity contribution in [2.45, 2.75) is 37.6 Å². The van der Waals surface area contributed by atoms with Crippen LogP contribution in [0.15, 0.2) is 17.2 Å². The number of nitrogens with zero attached hydrogens (tertiary/aromatic N) is 4. The van der Waals surface area contributed by atoms with E-state index < -0.39 is 10.0 Å². The van der Waals surface area contributed by atoms with E-state index in [0.717, 1.165) is 31.5 Å². The Hall–Kier alpha value is -1.22. The Kier molecular flexibility index (Phi) is 6.79. The number of hydrogen-bond donors (Lipinski definition) is 1. The zero-order valence-electron chi connectivity index (χ0n) is 15.8. The van der Waals surface area contributed by atoms with Crippen molar-refractivity contribution in [2.75, 3.05) is 52.6 Å². The summed E-state index contributed by atoms with van der Waals surface area (Å²) < 4.78 is 28.1. The van der Waals surface area contributed by atoms with Crippen molar-refractivity contribution < 1.29 is 8.42 Å². The molecule has 2 rings (SSSR count). The van der Waals surface area contributed by atoms with Crippen molar-refractivity contribution in [2.24, 2.45) is 0 Å². The molecular weight excluding hydrogens is 338 g/mol. The third kappa shape index (κ3) is 4.91. The summed E-state index contributed by atoms with van der Waals surface area (Å²) >= 11 is 0. The van der Waals surface area contributed by atoms with Gasteiger partial charge in [-0.15, -0.1) is 0 Å². The lowest BCUT2D eigenvalue weighted by Crippen LogP contribution is -2.45. The van der Waals surface area contributed by atoms with E-state index >= 15 is 0 Å². The Morgan fingerprint density at radius 3 is 2.72 bits per heavy atom. The average Bonchev–Trinajstić information content (AvgIpc) is 3.00. The quantitative estimate of drug-likeness (QED) is 0.736.